The Morgan fingerprint density at radius 2 is 1.65 bits per heavy atom. The second-order valence-electron chi connectivity index (χ2n) is 8.52. The average molecular weight is 441 g/mol. The molecule has 164 valence electrons. The normalized spacial score (nSPS) is 21.3. The summed E-state index contributed by atoms with van der Waals surface area (Å²) in [6.07, 6.45) is 4.29. The number of amides is 2. The number of rotatable bonds is 6. The maximum absolute atomic E-state index is 13.1. The number of hydrogen-bond donors (Lipinski definition) is 1. The second-order valence-corrected chi connectivity index (χ2v) is 10.2. The lowest BCUT2D eigenvalue weighted by atomic mass is 9.81. The predicted molar refractivity (Wildman–Crippen MR) is 119 cm³/mol. The van der Waals surface area contributed by atoms with E-state index in [1.807, 2.05) is 25.1 Å². The molecule has 4 rings (SSSR count). The third-order valence-electron chi connectivity index (χ3n) is 6.40. The fourth-order valence-electron chi connectivity index (χ4n) is 4.67. The van der Waals surface area contributed by atoms with Crippen molar-refractivity contribution in [2.45, 2.75) is 57.4 Å². The van der Waals surface area contributed by atoms with Crippen LogP contribution in [0.4, 0.5) is 5.69 Å². The van der Waals surface area contributed by atoms with Crippen molar-refractivity contribution in [3.63, 3.8) is 0 Å². The molecule has 2 aliphatic rings. The number of nitrogens with one attached hydrogen (secondary N) is 1. The summed E-state index contributed by atoms with van der Waals surface area (Å²) >= 11 is 0. The molecule has 1 saturated heterocycles. The van der Waals surface area contributed by atoms with Crippen molar-refractivity contribution >= 4 is 27.5 Å². The summed E-state index contributed by atoms with van der Waals surface area (Å²) in [6.45, 7) is 3.86. The molecule has 1 aliphatic heterocycles. The lowest BCUT2D eigenvalue weighted by Gasteiger charge is -2.19. The summed E-state index contributed by atoms with van der Waals surface area (Å²) in [5.74, 6) is -0.645. The quantitative estimate of drug-likeness (QED) is 0.688. The zero-order valence-corrected chi connectivity index (χ0v) is 18.7. The number of imide groups is 1. The summed E-state index contributed by atoms with van der Waals surface area (Å²) in [5, 5.41) is 0. The average Bonchev–Trinajstić information content (AvgIpc) is 3.00. The van der Waals surface area contributed by atoms with E-state index in [0.29, 0.717) is 16.8 Å². The molecule has 7 heteroatoms. The van der Waals surface area contributed by atoms with E-state index in [1.54, 1.807) is 31.2 Å². The molecule has 1 heterocycles. The first-order valence-electron chi connectivity index (χ1n) is 10.9. The van der Waals surface area contributed by atoms with E-state index >= 15 is 0 Å². The lowest BCUT2D eigenvalue weighted by Crippen LogP contribution is -2.30. The fraction of sp³-hybridized carbons (Fsp3) is 0.417. The number of fused-ring (bicyclic) bond motifs is 1. The number of aryl methyl sites for hydroxylation is 2. The first-order chi connectivity index (χ1) is 14.8. The topological polar surface area (TPSA) is 83.6 Å². The highest BCUT2D eigenvalue weighted by Gasteiger charge is 2.47. The van der Waals surface area contributed by atoms with E-state index in [2.05, 4.69) is 4.72 Å². The van der Waals surface area contributed by atoms with Gasteiger partial charge in [0.05, 0.1) is 23.3 Å². The van der Waals surface area contributed by atoms with Crippen LogP contribution in [0.15, 0.2) is 47.4 Å². The maximum Gasteiger partial charge on any atom is 0.262 e. The van der Waals surface area contributed by atoms with Crippen LogP contribution >= 0.6 is 0 Å². The molecule has 6 nitrogen and oxygen atoms in total. The molecule has 0 radical (unpaired) electrons. The Morgan fingerprint density at radius 1 is 0.968 bits per heavy atom. The largest absolute Gasteiger partial charge is 0.280 e. The van der Waals surface area contributed by atoms with E-state index in [1.165, 1.54) is 4.90 Å². The van der Waals surface area contributed by atoms with Gasteiger partial charge in [0.15, 0.2) is 0 Å². The van der Waals surface area contributed by atoms with Crippen LogP contribution in [0.3, 0.4) is 0 Å². The molecule has 0 aromatic heterocycles. The summed E-state index contributed by atoms with van der Waals surface area (Å²) < 4.78 is 28.8. The van der Waals surface area contributed by atoms with Gasteiger partial charge < -0.3 is 0 Å². The second kappa shape index (κ2) is 8.46. The van der Waals surface area contributed by atoms with Crippen LogP contribution in [0.5, 0.6) is 0 Å². The SMILES string of the molecule is CCc1cccc(NS(=O)(=O)c2cc(CN3C(=O)[C@@H]4CCCC[C@H]4C3=O)ccc2C)c1. The van der Waals surface area contributed by atoms with Crippen LogP contribution in [0.25, 0.3) is 0 Å². The number of nitrogens with zero attached hydrogens (tertiary/aromatic N) is 1. The van der Waals surface area contributed by atoms with E-state index in [0.717, 1.165) is 37.7 Å². The first kappa shape index (κ1) is 21.6. The Balaban J connectivity index is 1.58. The van der Waals surface area contributed by atoms with E-state index < -0.39 is 10.0 Å². The highest BCUT2D eigenvalue weighted by molar-refractivity contribution is 7.92. The minimum atomic E-state index is -3.81. The van der Waals surface area contributed by atoms with Crippen molar-refractivity contribution in [3.8, 4) is 0 Å². The number of carbonyl (C=O) groups excluding carboxylic acids is 2. The van der Waals surface area contributed by atoms with Gasteiger partial charge in [0.2, 0.25) is 11.8 Å². The van der Waals surface area contributed by atoms with Gasteiger partial charge in [-0.15, -0.1) is 0 Å². The molecular weight excluding hydrogens is 412 g/mol. The molecule has 1 aliphatic carbocycles. The molecule has 0 spiro atoms. The summed E-state index contributed by atoms with van der Waals surface area (Å²) in [6, 6.07) is 12.4. The minimum Gasteiger partial charge on any atom is -0.280 e. The van der Waals surface area contributed by atoms with Crippen molar-refractivity contribution in [2.24, 2.45) is 11.8 Å². The van der Waals surface area contributed by atoms with Crippen LogP contribution in [0.2, 0.25) is 0 Å². The molecule has 2 atom stereocenters. The molecule has 2 amide bonds. The molecule has 1 N–H and O–H groups in total. The van der Waals surface area contributed by atoms with Gasteiger partial charge in [-0.25, -0.2) is 8.42 Å². The monoisotopic (exact) mass is 440 g/mol. The van der Waals surface area contributed by atoms with Gasteiger partial charge in [0.25, 0.3) is 10.0 Å². The maximum atomic E-state index is 13.1. The summed E-state index contributed by atoms with van der Waals surface area (Å²) in [7, 11) is -3.81. The van der Waals surface area contributed by atoms with Crippen molar-refractivity contribution in [3.05, 3.63) is 59.2 Å². The zero-order chi connectivity index (χ0) is 22.2. The van der Waals surface area contributed by atoms with Gasteiger partial charge in [0, 0.05) is 5.69 Å². The molecule has 1 saturated carbocycles. The number of sulfonamides is 1. The van der Waals surface area contributed by atoms with Crippen molar-refractivity contribution in [1.29, 1.82) is 0 Å². The van der Waals surface area contributed by atoms with Crippen molar-refractivity contribution in [1.82, 2.24) is 4.90 Å². The highest BCUT2D eigenvalue weighted by Crippen LogP contribution is 2.38. The lowest BCUT2D eigenvalue weighted by molar-refractivity contribution is -0.140. The van der Waals surface area contributed by atoms with Crippen LogP contribution in [-0.2, 0) is 32.6 Å². The number of carbonyl (C=O) groups is 2. The number of likely N-dealkylation sites (tertiary alicyclic amines) is 1. The van der Waals surface area contributed by atoms with E-state index in [4.69, 9.17) is 0 Å². The van der Waals surface area contributed by atoms with Gasteiger partial charge in [-0.05, 0) is 61.1 Å². The molecule has 2 fully saturated rings. The fourth-order valence-corrected chi connectivity index (χ4v) is 6.01. The van der Waals surface area contributed by atoms with Crippen molar-refractivity contribution < 1.29 is 18.0 Å². The van der Waals surface area contributed by atoms with Gasteiger partial charge >= 0.3 is 0 Å². The molecule has 0 bridgehead atoms. The molecule has 0 unspecified atom stereocenters. The van der Waals surface area contributed by atoms with Gasteiger partial charge in [-0.2, -0.15) is 0 Å². The number of benzene rings is 2. The standard InChI is InChI=1S/C24H28N2O4S/c1-3-17-7-6-8-19(13-17)25-31(29,30)22-14-18(12-11-16(22)2)15-26-23(27)20-9-4-5-10-21(20)24(26)28/h6-8,11-14,20-21,25H,3-5,9-10,15H2,1-2H3/t20-,21-/m1/s1. The van der Waals surface area contributed by atoms with E-state index in [9.17, 15) is 18.0 Å². The molecule has 31 heavy (non-hydrogen) atoms. The number of hydrogen-bond acceptors (Lipinski definition) is 4. The summed E-state index contributed by atoms with van der Waals surface area (Å²) in [4.78, 5) is 27.0. The third-order valence-corrected chi connectivity index (χ3v) is 7.93. The van der Waals surface area contributed by atoms with Crippen LogP contribution in [0, 0.1) is 18.8 Å². The Kier molecular flexibility index (Phi) is 5.88. The molecular formula is C24H28N2O4S. The first-order valence-corrected chi connectivity index (χ1v) is 12.3. The van der Waals surface area contributed by atoms with Crippen LogP contribution in [0.1, 0.15) is 49.3 Å². The van der Waals surface area contributed by atoms with Gasteiger partial charge in [-0.3, -0.25) is 19.2 Å². The Morgan fingerprint density at radius 3 is 2.29 bits per heavy atom. The minimum absolute atomic E-state index is 0.110. The zero-order valence-electron chi connectivity index (χ0n) is 17.9. The van der Waals surface area contributed by atoms with Crippen LogP contribution in [-0.4, -0.2) is 25.1 Å². The van der Waals surface area contributed by atoms with E-state index in [-0.39, 0.29) is 35.1 Å². The summed E-state index contributed by atoms with van der Waals surface area (Å²) in [5.41, 5.74) is 2.79. The van der Waals surface area contributed by atoms with Gasteiger partial charge in [0.1, 0.15) is 0 Å². The molecule has 2 aromatic rings. The highest BCUT2D eigenvalue weighted by atomic mass is 32.2. The molecule has 2 aromatic carbocycles. The van der Waals surface area contributed by atoms with Crippen LogP contribution < -0.4 is 4.72 Å². The Labute approximate surface area is 183 Å². The Bertz CT molecular complexity index is 1100. The van der Waals surface area contributed by atoms with Crippen molar-refractivity contribution in [2.75, 3.05) is 4.72 Å². The number of anilines is 1. The smallest absolute Gasteiger partial charge is 0.262 e. The van der Waals surface area contributed by atoms with Gasteiger partial charge in [-0.1, -0.05) is 44.0 Å². The predicted octanol–water partition coefficient (Wildman–Crippen LogP) is 4.03. The Hall–Kier alpha value is -2.67. The third kappa shape index (κ3) is 4.24.